The fourth-order valence-electron chi connectivity index (χ4n) is 2.42. The zero-order valence-corrected chi connectivity index (χ0v) is 10.1. The Hall–Kier alpha value is -1.18. The summed E-state index contributed by atoms with van der Waals surface area (Å²) in [6.07, 6.45) is 9.50. The molecule has 16 heavy (non-hydrogen) atoms. The largest absolute Gasteiger partial charge is 0.491 e. The Morgan fingerprint density at radius 3 is 3.00 bits per heavy atom. The minimum Gasteiger partial charge on any atom is -0.491 e. The van der Waals surface area contributed by atoms with Crippen LogP contribution in [-0.2, 0) is 13.5 Å². The first-order valence-corrected chi connectivity index (χ1v) is 6.25. The van der Waals surface area contributed by atoms with Crippen LogP contribution in [0.2, 0.25) is 0 Å². The summed E-state index contributed by atoms with van der Waals surface area (Å²) < 4.78 is 8.30. The molecule has 0 saturated heterocycles. The van der Waals surface area contributed by atoms with Crippen LogP contribution in [0.3, 0.4) is 0 Å². The van der Waals surface area contributed by atoms with Crippen molar-refractivity contribution in [2.75, 3.05) is 6.61 Å². The molecule has 1 heterocycles. The van der Waals surface area contributed by atoms with Crippen LogP contribution in [0.15, 0.2) is 6.08 Å². The standard InChI is InChI=1S/C14H19NO/c1-10-14(16-9-11-7-8-11)12-5-3-4-6-13(12)15(10)2/h3,5,11H,4,6-9H2,1-2H3. The number of aromatic nitrogens is 1. The summed E-state index contributed by atoms with van der Waals surface area (Å²) in [5, 5.41) is 0. The highest BCUT2D eigenvalue weighted by atomic mass is 16.5. The first-order valence-electron chi connectivity index (χ1n) is 6.25. The molecule has 1 fully saturated rings. The third-order valence-electron chi connectivity index (χ3n) is 3.78. The number of hydrogen-bond acceptors (Lipinski definition) is 1. The average molecular weight is 217 g/mol. The molecule has 2 aliphatic carbocycles. The molecule has 0 aromatic carbocycles. The molecule has 86 valence electrons. The monoisotopic (exact) mass is 217 g/mol. The normalized spacial score (nSPS) is 18.6. The van der Waals surface area contributed by atoms with Gasteiger partial charge in [0, 0.05) is 18.3 Å². The van der Waals surface area contributed by atoms with Crippen molar-refractivity contribution < 1.29 is 4.74 Å². The van der Waals surface area contributed by atoms with Gasteiger partial charge >= 0.3 is 0 Å². The van der Waals surface area contributed by atoms with E-state index in [1.165, 1.54) is 29.8 Å². The van der Waals surface area contributed by atoms with Crippen LogP contribution in [0, 0.1) is 12.8 Å². The minimum absolute atomic E-state index is 0.822. The molecule has 0 spiro atoms. The summed E-state index contributed by atoms with van der Waals surface area (Å²) in [6.45, 7) is 3.07. The van der Waals surface area contributed by atoms with Crippen LogP contribution in [0.4, 0.5) is 0 Å². The quantitative estimate of drug-likeness (QED) is 0.759. The molecule has 0 N–H and O–H groups in total. The van der Waals surface area contributed by atoms with E-state index in [1.54, 1.807) is 0 Å². The number of rotatable bonds is 3. The highest BCUT2D eigenvalue weighted by molar-refractivity contribution is 5.64. The molecule has 3 rings (SSSR count). The summed E-state index contributed by atoms with van der Waals surface area (Å²) in [5.41, 5.74) is 4.04. The van der Waals surface area contributed by atoms with Gasteiger partial charge in [0.2, 0.25) is 0 Å². The molecule has 2 aliphatic rings. The Morgan fingerprint density at radius 1 is 1.44 bits per heavy atom. The van der Waals surface area contributed by atoms with E-state index in [0.717, 1.165) is 31.1 Å². The number of ether oxygens (including phenoxy) is 1. The van der Waals surface area contributed by atoms with E-state index in [0.29, 0.717) is 0 Å². The molecule has 2 heteroatoms. The lowest BCUT2D eigenvalue weighted by molar-refractivity contribution is 0.297. The maximum atomic E-state index is 6.01. The molecule has 0 radical (unpaired) electrons. The van der Waals surface area contributed by atoms with Gasteiger partial charge in [-0.3, -0.25) is 0 Å². The maximum absolute atomic E-state index is 6.01. The molecular weight excluding hydrogens is 198 g/mol. The van der Waals surface area contributed by atoms with Gasteiger partial charge in [-0.05, 0) is 38.5 Å². The molecule has 0 amide bonds. The Morgan fingerprint density at radius 2 is 2.25 bits per heavy atom. The van der Waals surface area contributed by atoms with Gasteiger partial charge in [-0.15, -0.1) is 0 Å². The Labute approximate surface area is 96.9 Å². The van der Waals surface area contributed by atoms with E-state index >= 15 is 0 Å². The Kier molecular flexibility index (Phi) is 2.31. The van der Waals surface area contributed by atoms with Gasteiger partial charge in [0.05, 0.1) is 12.3 Å². The molecule has 1 saturated carbocycles. The first kappa shape index (κ1) is 10.0. The fourth-order valence-corrected chi connectivity index (χ4v) is 2.42. The molecular formula is C14H19NO. The molecule has 0 aliphatic heterocycles. The number of fused-ring (bicyclic) bond motifs is 1. The van der Waals surface area contributed by atoms with E-state index in [9.17, 15) is 0 Å². The maximum Gasteiger partial charge on any atom is 0.147 e. The van der Waals surface area contributed by atoms with Crippen molar-refractivity contribution in [2.45, 2.75) is 32.6 Å². The molecule has 2 nitrogen and oxygen atoms in total. The zero-order chi connectivity index (χ0) is 11.1. The first-order chi connectivity index (χ1) is 7.77. The van der Waals surface area contributed by atoms with Crippen molar-refractivity contribution in [3.8, 4) is 5.75 Å². The van der Waals surface area contributed by atoms with Crippen molar-refractivity contribution in [3.05, 3.63) is 23.0 Å². The van der Waals surface area contributed by atoms with Crippen LogP contribution in [-0.4, -0.2) is 11.2 Å². The SMILES string of the molecule is Cc1c(OCC2CC2)c2c(n1C)CCC=C2. The van der Waals surface area contributed by atoms with Gasteiger partial charge in [0.15, 0.2) is 0 Å². The van der Waals surface area contributed by atoms with E-state index < -0.39 is 0 Å². The Bertz CT molecular complexity index is 438. The lowest BCUT2D eigenvalue weighted by Crippen LogP contribution is -2.01. The van der Waals surface area contributed by atoms with Crippen LogP contribution < -0.4 is 4.74 Å². The highest BCUT2D eigenvalue weighted by Crippen LogP contribution is 2.36. The summed E-state index contributed by atoms with van der Waals surface area (Å²) in [7, 11) is 2.15. The van der Waals surface area contributed by atoms with E-state index in [1.807, 2.05) is 0 Å². The van der Waals surface area contributed by atoms with Crippen molar-refractivity contribution in [1.82, 2.24) is 4.57 Å². The lowest BCUT2D eigenvalue weighted by Gasteiger charge is -2.09. The zero-order valence-electron chi connectivity index (χ0n) is 10.1. The molecule has 0 atom stereocenters. The van der Waals surface area contributed by atoms with Crippen LogP contribution in [0.25, 0.3) is 6.08 Å². The van der Waals surface area contributed by atoms with E-state index in [2.05, 4.69) is 30.7 Å². The van der Waals surface area contributed by atoms with Gasteiger partial charge in [-0.2, -0.15) is 0 Å². The fraction of sp³-hybridized carbons (Fsp3) is 0.571. The van der Waals surface area contributed by atoms with E-state index in [4.69, 9.17) is 4.74 Å². The second kappa shape index (κ2) is 3.69. The van der Waals surface area contributed by atoms with Crippen LogP contribution >= 0.6 is 0 Å². The van der Waals surface area contributed by atoms with Gasteiger partial charge < -0.3 is 9.30 Å². The predicted molar refractivity (Wildman–Crippen MR) is 65.7 cm³/mol. The second-order valence-corrected chi connectivity index (χ2v) is 5.03. The van der Waals surface area contributed by atoms with Crippen LogP contribution in [0.1, 0.15) is 36.2 Å². The minimum atomic E-state index is 0.822. The average Bonchev–Trinajstić information content (AvgIpc) is 3.09. The highest BCUT2D eigenvalue weighted by Gasteiger charge is 2.25. The second-order valence-electron chi connectivity index (χ2n) is 5.03. The van der Waals surface area contributed by atoms with Crippen molar-refractivity contribution in [3.63, 3.8) is 0 Å². The summed E-state index contributed by atoms with van der Waals surface area (Å²) in [6, 6.07) is 0. The topological polar surface area (TPSA) is 14.2 Å². The van der Waals surface area contributed by atoms with Gasteiger partial charge in [0.25, 0.3) is 0 Å². The van der Waals surface area contributed by atoms with Crippen molar-refractivity contribution in [2.24, 2.45) is 13.0 Å². The molecule has 1 aromatic rings. The van der Waals surface area contributed by atoms with E-state index in [-0.39, 0.29) is 0 Å². The van der Waals surface area contributed by atoms with Gasteiger partial charge in [0.1, 0.15) is 5.75 Å². The third-order valence-corrected chi connectivity index (χ3v) is 3.78. The molecule has 0 bridgehead atoms. The van der Waals surface area contributed by atoms with Crippen LogP contribution in [0.5, 0.6) is 5.75 Å². The summed E-state index contributed by atoms with van der Waals surface area (Å²) >= 11 is 0. The third kappa shape index (κ3) is 1.57. The summed E-state index contributed by atoms with van der Waals surface area (Å²) in [4.78, 5) is 0. The van der Waals surface area contributed by atoms with Gasteiger partial charge in [-0.1, -0.05) is 12.2 Å². The number of nitrogens with zero attached hydrogens (tertiary/aromatic N) is 1. The molecule has 1 aromatic heterocycles. The van der Waals surface area contributed by atoms with Crippen molar-refractivity contribution in [1.29, 1.82) is 0 Å². The smallest absolute Gasteiger partial charge is 0.147 e. The number of allylic oxidation sites excluding steroid dienone is 1. The lowest BCUT2D eigenvalue weighted by atomic mass is 10.0. The van der Waals surface area contributed by atoms with Crippen molar-refractivity contribution >= 4 is 6.08 Å². The molecule has 0 unspecified atom stereocenters. The van der Waals surface area contributed by atoms with Gasteiger partial charge in [-0.25, -0.2) is 0 Å². The predicted octanol–water partition coefficient (Wildman–Crippen LogP) is 3.08. The number of hydrogen-bond donors (Lipinski definition) is 0. The Balaban J connectivity index is 1.92. The summed E-state index contributed by atoms with van der Waals surface area (Å²) in [5.74, 6) is 1.95.